The number of benzene rings is 2. The molecule has 1 amide bonds. The van der Waals surface area contributed by atoms with Crippen molar-refractivity contribution in [2.75, 3.05) is 33.3 Å². The van der Waals surface area contributed by atoms with Crippen molar-refractivity contribution in [3.05, 3.63) is 59.4 Å². The largest absolute Gasteiger partial charge is 0.497 e. The van der Waals surface area contributed by atoms with Crippen LogP contribution in [0.5, 0.6) is 11.5 Å². The molecule has 0 bridgehead atoms. The van der Waals surface area contributed by atoms with Crippen LogP contribution in [-0.2, 0) is 11.3 Å². The molecule has 0 saturated carbocycles. The van der Waals surface area contributed by atoms with E-state index in [2.05, 4.69) is 15.0 Å². The van der Waals surface area contributed by atoms with Crippen LogP contribution in [0.2, 0.25) is 5.02 Å². The predicted octanol–water partition coefficient (Wildman–Crippen LogP) is 3.51. The minimum atomic E-state index is -0.564. The van der Waals surface area contributed by atoms with Crippen LogP contribution < -0.4 is 9.47 Å². The summed E-state index contributed by atoms with van der Waals surface area (Å²) in [6, 6.07) is 14.5. The minimum absolute atomic E-state index is 0.0285. The van der Waals surface area contributed by atoms with Gasteiger partial charge < -0.3 is 18.9 Å². The zero-order chi connectivity index (χ0) is 22.5. The normalized spacial score (nSPS) is 15.4. The summed E-state index contributed by atoms with van der Waals surface area (Å²) in [5.41, 5.74) is 0.867. The van der Waals surface area contributed by atoms with E-state index in [1.54, 1.807) is 38.3 Å². The van der Waals surface area contributed by atoms with Crippen molar-refractivity contribution in [2.24, 2.45) is 0 Å². The van der Waals surface area contributed by atoms with Crippen LogP contribution in [0.1, 0.15) is 12.8 Å². The zero-order valence-corrected chi connectivity index (χ0v) is 18.8. The fraction of sp³-hybridized carbons (Fsp3) is 0.348. The van der Waals surface area contributed by atoms with Crippen LogP contribution >= 0.6 is 11.6 Å². The number of amides is 1. The Bertz CT molecular complexity index is 1030. The third kappa shape index (κ3) is 5.38. The average Bonchev–Trinajstić information content (AvgIpc) is 3.29. The summed E-state index contributed by atoms with van der Waals surface area (Å²) in [6.45, 7) is 4.99. The Morgan fingerprint density at radius 3 is 2.38 bits per heavy atom. The lowest BCUT2D eigenvalue weighted by Crippen LogP contribution is -2.51. The van der Waals surface area contributed by atoms with Gasteiger partial charge in [-0.25, -0.2) is 0 Å². The molecule has 9 heteroatoms. The first-order valence-corrected chi connectivity index (χ1v) is 10.8. The van der Waals surface area contributed by atoms with Crippen LogP contribution in [0.25, 0.3) is 11.4 Å². The van der Waals surface area contributed by atoms with E-state index < -0.39 is 6.10 Å². The van der Waals surface area contributed by atoms with Gasteiger partial charge in [-0.15, -0.1) is 0 Å². The predicted molar refractivity (Wildman–Crippen MR) is 120 cm³/mol. The average molecular weight is 457 g/mol. The molecule has 0 N–H and O–H groups in total. The summed E-state index contributed by atoms with van der Waals surface area (Å²) in [5, 5.41) is 4.71. The Labute approximate surface area is 191 Å². The molecule has 1 fully saturated rings. The quantitative estimate of drug-likeness (QED) is 0.538. The number of carbonyl (C=O) groups is 1. The number of methoxy groups -OCH3 is 1. The van der Waals surface area contributed by atoms with Gasteiger partial charge in [0, 0.05) is 36.8 Å². The van der Waals surface area contributed by atoms with Crippen LogP contribution in [-0.4, -0.2) is 65.2 Å². The molecule has 3 aromatic rings. The van der Waals surface area contributed by atoms with E-state index in [-0.39, 0.29) is 5.91 Å². The Kier molecular flexibility index (Phi) is 6.92. The van der Waals surface area contributed by atoms with E-state index in [4.69, 9.17) is 25.6 Å². The second-order valence-electron chi connectivity index (χ2n) is 7.56. The number of hydrogen-bond acceptors (Lipinski definition) is 7. The lowest BCUT2D eigenvalue weighted by atomic mass is 10.2. The van der Waals surface area contributed by atoms with Crippen molar-refractivity contribution >= 4 is 17.5 Å². The van der Waals surface area contributed by atoms with Crippen molar-refractivity contribution < 1.29 is 18.8 Å². The van der Waals surface area contributed by atoms with Gasteiger partial charge in [-0.1, -0.05) is 16.8 Å². The van der Waals surface area contributed by atoms with E-state index >= 15 is 0 Å². The van der Waals surface area contributed by atoms with Gasteiger partial charge >= 0.3 is 0 Å². The Morgan fingerprint density at radius 2 is 1.72 bits per heavy atom. The molecule has 8 nitrogen and oxygen atoms in total. The van der Waals surface area contributed by atoms with Crippen molar-refractivity contribution in [2.45, 2.75) is 19.6 Å². The topological polar surface area (TPSA) is 80.9 Å². The summed E-state index contributed by atoms with van der Waals surface area (Å²) in [7, 11) is 1.63. The van der Waals surface area contributed by atoms with Crippen molar-refractivity contribution in [1.29, 1.82) is 0 Å². The highest BCUT2D eigenvalue weighted by Gasteiger charge is 2.27. The van der Waals surface area contributed by atoms with Crippen molar-refractivity contribution in [3.8, 4) is 22.9 Å². The van der Waals surface area contributed by atoms with Gasteiger partial charge in [0.15, 0.2) is 6.10 Å². The number of carbonyl (C=O) groups excluding carboxylic acids is 1. The Morgan fingerprint density at radius 1 is 1.06 bits per heavy atom. The van der Waals surface area contributed by atoms with Gasteiger partial charge in [0.05, 0.1) is 13.7 Å². The number of halogens is 1. The molecule has 0 spiro atoms. The van der Waals surface area contributed by atoms with E-state index in [0.29, 0.717) is 42.1 Å². The van der Waals surface area contributed by atoms with E-state index in [1.807, 2.05) is 29.2 Å². The van der Waals surface area contributed by atoms with Gasteiger partial charge in [-0.3, -0.25) is 9.69 Å². The number of piperazine rings is 1. The van der Waals surface area contributed by atoms with Gasteiger partial charge in [0.2, 0.25) is 11.7 Å². The summed E-state index contributed by atoms with van der Waals surface area (Å²) < 4.78 is 16.4. The molecule has 1 aliphatic heterocycles. The first-order chi connectivity index (χ1) is 15.5. The third-order valence-corrected chi connectivity index (χ3v) is 5.59. The summed E-state index contributed by atoms with van der Waals surface area (Å²) in [5.74, 6) is 2.47. The van der Waals surface area contributed by atoms with Crippen molar-refractivity contribution in [3.63, 3.8) is 0 Å². The first-order valence-electron chi connectivity index (χ1n) is 10.4. The van der Waals surface area contributed by atoms with E-state index in [1.165, 1.54) is 0 Å². The van der Waals surface area contributed by atoms with Gasteiger partial charge in [-0.2, -0.15) is 4.98 Å². The van der Waals surface area contributed by atoms with E-state index in [0.717, 1.165) is 24.4 Å². The van der Waals surface area contributed by atoms with Gasteiger partial charge in [0.25, 0.3) is 5.91 Å². The molecule has 0 aliphatic carbocycles. The van der Waals surface area contributed by atoms with Crippen molar-refractivity contribution in [1.82, 2.24) is 19.9 Å². The maximum absolute atomic E-state index is 12.7. The molecule has 168 valence electrons. The molecule has 1 saturated heterocycles. The Balaban J connectivity index is 1.27. The lowest BCUT2D eigenvalue weighted by molar-refractivity contribution is -0.139. The van der Waals surface area contributed by atoms with Crippen LogP contribution in [0.3, 0.4) is 0 Å². The molecule has 0 radical (unpaired) electrons. The van der Waals surface area contributed by atoms with E-state index in [9.17, 15) is 4.79 Å². The maximum Gasteiger partial charge on any atom is 0.263 e. The minimum Gasteiger partial charge on any atom is -0.497 e. The van der Waals surface area contributed by atoms with Gasteiger partial charge in [-0.05, 0) is 55.5 Å². The summed E-state index contributed by atoms with van der Waals surface area (Å²) in [4.78, 5) is 21.3. The molecule has 2 heterocycles. The molecular weight excluding hydrogens is 432 g/mol. The molecule has 2 aromatic carbocycles. The van der Waals surface area contributed by atoms with Crippen LogP contribution in [0, 0.1) is 0 Å². The number of nitrogens with zero attached hydrogens (tertiary/aromatic N) is 4. The number of ether oxygens (including phenoxy) is 2. The molecule has 0 unspecified atom stereocenters. The molecule has 1 aromatic heterocycles. The first kappa shape index (κ1) is 22.1. The van der Waals surface area contributed by atoms with Crippen LogP contribution in [0.15, 0.2) is 53.1 Å². The van der Waals surface area contributed by atoms with Gasteiger partial charge in [0.1, 0.15) is 11.5 Å². The SMILES string of the molecule is COc1ccc(-c2noc(CN3CCN(C(=O)[C@H](C)Oc4ccc(Cl)cc4)CC3)n2)cc1. The third-order valence-electron chi connectivity index (χ3n) is 5.33. The fourth-order valence-electron chi connectivity index (χ4n) is 3.52. The standard InChI is InChI=1S/C23H25ClN4O4/c1-16(31-20-9-5-18(24)6-10-20)23(29)28-13-11-27(12-14-28)15-21-25-22(26-32-21)17-3-7-19(30-2)8-4-17/h3-10,16H,11-15H2,1-2H3/t16-/m0/s1. The highest BCUT2D eigenvalue weighted by atomic mass is 35.5. The second kappa shape index (κ2) is 10.0. The zero-order valence-electron chi connectivity index (χ0n) is 18.0. The van der Waals surface area contributed by atoms with Crippen LogP contribution in [0.4, 0.5) is 0 Å². The molecule has 1 aliphatic rings. The smallest absolute Gasteiger partial charge is 0.263 e. The molecule has 4 rings (SSSR count). The molecule has 1 atom stereocenters. The summed E-state index contributed by atoms with van der Waals surface area (Å²) in [6.07, 6.45) is -0.564. The summed E-state index contributed by atoms with van der Waals surface area (Å²) >= 11 is 5.89. The fourth-order valence-corrected chi connectivity index (χ4v) is 3.64. The highest BCUT2D eigenvalue weighted by molar-refractivity contribution is 6.30. The second-order valence-corrected chi connectivity index (χ2v) is 7.99. The lowest BCUT2D eigenvalue weighted by Gasteiger charge is -2.35. The number of hydrogen-bond donors (Lipinski definition) is 0. The Hall–Kier alpha value is -3.10. The number of aromatic nitrogens is 2. The maximum atomic E-state index is 12.7. The highest BCUT2D eigenvalue weighted by Crippen LogP contribution is 2.21. The molecular formula is C23H25ClN4O4. The molecule has 32 heavy (non-hydrogen) atoms. The monoisotopic (exact) mass is 456 g/mol. The number of rotatable bonds is 7.